The lowest BCUT2D eigenvalue weighted by atomic mass is 10.1. The number of carbonyl (C=O) groups excluding carboxylic acids is 1. The highest BCUT2D eigenvalue weighted by Crippen LogP contribution is 2.09. The molecule has 5 heteroatoms. The Morgan fingerprint density at radius 2 is 2.24 bits per heavy atom. The number of nitrogens with zero attached hydrogens (tertiary/aromatic N) is 3. The molecule has 0 bridgehead atoms. The minimum absolute atomic E-state index is 0.0325. The van der Waals surface area contributed by atoms with E-state index in [1.807, 2.05) is 6.07 Å². The summed E-state index contributed by atoms with van der Waals surface area (Å²) in [6.45, 7) is 0. The first kappa shape index (κ1) is 11.3. The van der Waals surface area contributed by atoms with Crippen molar-refractivity contribution in [2.24, 2.45) is 7.05 Å². The number of aryl methyl sites for hydroxylation is 1. The van der Waals surface area contributed by atoms with Crippen LogP contribution in [-0.2, 0) is 13.5 Å². The van der Waals surface area contributed by atoms with Gasteiger partial charge in [-0.25, -0.2) is 4.98 Å². The van der Waals surface area contributed by atoms with Crippen molar-refractivity contribution in [3.05, 3.63) is 41.9 Å². The monoisotopic (exact) mass is 231 g/mol. The van der Waals surface area contributed by atoms with Gasteiger partial charge in [-0.3, -0.25) is 9.48 Å². The van der Waals surface area contributed by atoms with Crippen LogP contribution in [0.4, 0.5) is 0 Å². The second-order valence-electron chi connectivity index (χ2n) is 3.71. The van der Waals surface area contributed by atoms with Crippen LogP contribution < -0.4 is 4.74 Å². The number of methoxy groups -OCH3 is 1. The fourth-order valence-electron chi connectivity index (χ4n) is 1.49. The lowest BCUT2D eigenvalue weighted by Crippen LogP contribution is -2.03. The molecule has 0 spiro atoms. The van der Waals surface area contributed by atoms with Gasteiger partial charge < -0.3 is 4.74 Å². The maximum Gasteiger partial charge on any atom is 0.212 e. The minimum atomic E-state index is 0.0325. The van der Waals surface area contributed by atoms with Crippen LogP contribution in [-0.4, -0.2) is 27.7 Å². The number of rotatable bonds is 4. The van der Waals surface area contributed by atoms with Crippen molar-refractivity contribution in [2.45, 2.75) is 6.42 Å². The van der Waals surface area contributed by atoms with Gasteiger partial charge in [-0.05, 0) is 5.56 Å². The molecule has 0 N–H and O–H groups in total. The summed E-state index contributed by atoms with van der Waals surface area (Å²) in [7, 11) is 3.34. The molecule has 0 radical (unpaired) electrons. The van der Waals surface area contributed by atoms with Crippen LogP contribution in [0.15, 0.2) is 30.7 Å². The predicted octanol–water partition coefficient (Wildman–Crippen LogP) is 1.25. The van der Waals surface area contributed by atoms with Crippen LogP contribution >= 0.6 is 0 Å². The minimum Gasteiger partial charge on any atom is -0.481 e. The van der Waals surface area contributed by atoms with E-state index in [0.717, 1.165) is 5.56 Å². The number of ketones is 1. The highest BCUT2D eigenvalue weighted by Gasteiger charge is 2.09. The third-order valence-corrected chi connectivity index (χ3v) is 2.40. The molecule has 0 unspecified atom stereocenters. The Hall–Kier alpha value is -2.17. The summed E-state index contributed by atoms with van der Waals surface area (Å²) < 4.78 is 6.56. The van der Waals surface area contributed by atoms with Gasteiger partial charge in [-0.15, -0.1) is 0 Å². The van der Waals surface area contributed by atoms with E-state index < -0.39 is 0 Å². The number of aromatic nitrogens is 3. The highest BCUT2D eigenvalue weighted by atomic mass is 16.5. The average molecular weight is 231 g/mol. The first-order valence-corrected chi connectivity index (χ1v) is 5.20. The highest BCUT2D eigenvalue weighted by molar-refractivity contribution is 5.97. The summed E-state index contributed by atoms with van der Waals surface area (Å²) >= 11 is 0. The van der Waals surface area contributed by atoms with Gasteiger partial charge >= 0.3 is 0 Å². The molecule has 2 aromatic heterocycles. The zero-order chi connectivity index (χ0) is 12.3. The average Bonchev–Trinajstić information content (AvgIpc) is 2.77. The molecule has 2 rings (SSSR count). The molecule has 2 heterocycles. The van der Waals surface area contributed by atoms with Crippen molar-refractivity contribution in [1.29, 1.82) is 0 Å². The van der Waals surface area contributed by atoms with Crippen molar-refractivity contribution in [2.75, 3.05) is 7.11 Å². The van der Waals surface area contributed by atoms with E-state index in [0.29, 0.717) is 17.9 Å². The maximum atomic E-state index is 11.9. The summed E-state index contributed by atoms with van der Waals surface area (Å²) in [5.41, 5.74) is 1.47. The van der Waals surface area contributed by atoms with Gasteiger partial charge in [0.2, 0.25) is 5.88 Å². The van der Waals surface area contributed by atoms with E-state index in [1.54, 1.807) is 43.5 Å². The topological polar surface area (TPSA) is 57.0 Å². The Bertz CT molecular complexity index is 517. The van der Waals surface area contributed by atoms with Crippen LogP contribution in [0.3, 0.4) is 0 Å². The van der Waals surface area contributed by atoms with Gasteiger partial charge in [-0.1, -0.05) is 6.07 Å². The lowest BCUT2D eigenvalue weighted by molar-refractivity contribution is 0.0992. The van der Waals surface area contributed by atoms with E-state index in [9.17, 15) is 4.79 Å². The molecule has 2 aromatic rings. The van der Waals surface area contributed by atoms with Gasteiger partial charge in [0.1, 0.15) is 0 Å². The van der Waals surface area contributed by atoms with Crippen LogP contribution in [0, 0.1) is 0 Å². The van der Waals surface area contributed by atoms with E-state index in [4.69, 9.17) is 4.74 Å². The quantitative estimate of drug-likeness (QED) is 0.743. The fourth-order valence-corrected chi connectivity index (χ4v) is 1.49. The Kier molecular flexibility index (Phi) is 3.18. The summed E-state index contributed by atoms with van der Waals surface area (Å²) in [6.07, 6.45) is 5.24. The summed E-state index contributed by atoms with van der Waals surface area (Å²) in [4.78, 5) is 15.9. The third kappa shape index (κ3) is 2.69. The van der Waals surface area contributed by atoms with Crippen molar-refractivity contribution in [1.82, 2.24) is 14.8 Å². The Balaban J connectivity index is 2.07. The lowest BCUT2D eigenvalue weighted by Gasteiger charge is -2.01. The van der Waals surface area contributed by atoms with E-state index in [-0.39, 0.29) is 5.78 Å². The van der Waals surface area contributed by atoms with Gasteiger partial charge in [0.05, 0.1) is 18.9 Å². The van der Waals surface area contributed by atoms with Crippen LogP contribution in [0.1, 0.15) is 15.9 Å². The predicted molar refractivity (Wildman–Crippen MR) is 62.0 cm³/mol. The van der Waals surface area contributed by atoms with Crippen molar-refractivity contribution in [3.8, 4) is 5.88 Å². The third-order valence-electron chi connectivity index (χ3n) is 2.40. The Labute approximate surface area is 99.1 Å². The molecule has 88 valence electrons. The molecule has 0 aliphatic heterocycles. The molecule has 0 amide bonds. The van der Waals surface area contributed by atoms with Gasteiger partial charge in [0.25, 0.3) is 0 Å². The van der Waals surface area contributed by atoms with Crippen molar-refractivity contribution in [3.63, 3.8) is 0 Å². The standard InChI is InChI=1S/C12H13N3O2/c1-15-8-10(7-14-15)11(16)5-9-3-4-12(17-2)13-6-9/h3-4,6-8H,5H2,1-2H3. The van der Waals surface area contributed by atoms with Crippen LogP contribution in [0.25, 0.3) is 0 Å². The molecular weight excluding hydrogens is 218 g/mol. The SMILES string of the molecule is COc1ccc(CC(=O)c2cnn(C)c2)cn1. The van der Waals surface area contributed by atoms with Crippen molar-refractivity contribution < 1.29 is 9.53 Å². The van der Waals surface area contributed by atoms with E-state index >= 15 is 0 Å². The first-order chi connectivity index (χ1) is 8.19. The first-order valence-electron chi connectivity index (χ1n) is 5.20. The second kappa shape index (κ2) is 4.78. The molecule has 0 saturated heterocycles. The second-order valence-corrected chi connectivity index (χ2v) is 3.71. The Morgan fingerprint density at radius 1 is 1.41 bits per heavy atom. The number of carbonyl (C=O) groups is 1. The molecule has 0 aliphatic rings. The van der Waals surface area contributed by atoms with Gasteiger partial charge in [0, 0.05) is 31.9 Å². The summed E-state index contributed by atoms with van der Waals surface area (Å²) in [5.74, 6) is 0.577. The fraction of sp³-hybridized carbons (Fsp3) is 0.250. The number of hydrogen-bond acceptors (Lipinski definition) is 4. The molecule has 0 saturated carbocycles. The molecule has 0 fully saturated rings. The van der Waals surface area contributed by atoms with Crippen LogP contribution in [0.5, 0.6) is 5.88 Å². The number of Topliss-reactive ketones (excluding diaryl/α,β-unsaturated/α-hetero) is 1. The van der Waals surface area contributed by atoms with Crippen molar-refractivity contribution >= 4 is 5.78 Å². The van der Waals surface area contributed by atoms with Crippen LogP contribution in [0.2, 0.25) is 0 Å². The van der Waals surface area contributed by atoms with E-state index in [2.05, 4.69) is 10.1 Å². The maximum absolute atomic E-state index is 11.9. The summed E-state index contributed by atoms with van der Waals surface area (Å²) in [5, 5.41) is 3.97. The van der Waals surface area contributed by atoms with E-state index in [1.165, 1.54) is 0 Å². The smallest absolute Gasteiger partial charge is 0.212 e. The zero-order valence-electron chi connectivity index (χ0n) is 9.75. The van der Waals surface area contributed by atoms with Gasteiger partial charge in [-0.2, -0.15) is 5.10 Å². The molecule has 17 heavy (non-hydrogen) atoms. The molecule has 0 aliphatic carbocycles. The zero-order valence-corrected chi connectivity index (χ0v) is 9.75. The molecule has 0 atom stereocenters. The summed E-state index contributed by atoms with van der Waals surface area (Å²) in [6, 6.07) is 3.58. The number of ether oxygens (including phenoxy) is 1. The number of pyridine rings is 1. The molecule has 5 nitrogen and oxygen atoms in total. The Morgan fingerprint density at radius 3 is 2.76 bits per heavy atom. The number of hydrogen-bond donors (Lipinski definition) is 0. The molecule has 0 aromatic carbocycles. The molecular formula is C12H13N3O2. The normalized spacial score (nSPS) is 10.2. The largest absolute Gasteiger partial charge is 0.481 e. The van der Waals surface area contributed by atoms with Gasteiger partial charge in [0.15, 0.2) is 5.78 Å².